The molecule has 0 bridgehead atoms. The van der Waals surface area contributed by atoms with Crippen LogP contribution in [0.1, 0.15) is 52.9 Å². The molecule has 0 aromatic carbocycles. The highest BCUT2D eigenvalue weighted by molar-refractivity contribution is 5.23. The van der Waals surface area contributed by atoms with E-state index in [0.29, 0.717) is 0 Å². The minimum atomic E-state index is -0.0362. The molecule has 0 fully saturated rings. The molecule has 1 aromatic heterocycles. The van der Waals surface area contributed by atoms with Gasteiger partial charge in [-0.05, 0) is 10.4 Å². The van der Waals surface area contributed by atoms with Gasteiger partial charge in [-0.25, -0.2) is 0 Å². The predicted octanol–water partition coefficient (Wildman–Crippen LogP) is 1.86. The molecule has 0 amide bonds. The largest absolute Gasteiger partial charge is 0.131 e. The lowest BCUT2D eigenvalue weighted by atomic mass is 9.82. The van der Waals surface area contributed by atoms with Gasteiger partial charge < -0.3 is 0 Å². The first-order chi connectivity index (χ1) is 6.23. The summed E-state index contributed by atoms with van der Waals surface area (Å²) in [5.41, 5.74) is 1.79. The van der Waals surface area contributed by atoms with Crippen molar-refractivity contribution in [2.45, 2.75) is 52.4 Å². The predicted molar refractivity (Wildman–Crippen MR) is 55.0 cm³/mol. The Balaban J connectivity index is 3.31. The summed E-state index contributed by atoms with van der Waals surface area (Å²) < 4.78 is 0. The Hall–Kier alpha value is -1.06. The zero-order chi connectivity index (χ0) is 11.0. The van der Waals surface area contributed by atoms with Crippen molar-refractivity contribution in [1.82, 2.24) is 20.6 Å². The molecule has 1 heterocycles. The van der Waals surface area contributed by atoms with Crippen LogP contribution in [0.4, 0.5) is 0 Å². The Morgan fingerprint density at radius 1 is 0.643 bits per heavy atom. The summed E-state index contributed by atoms with van der Waals surface area (Å²) in [7, 11) is 0. The van der Waals surface area contributed by atoms with Crippen molar-refractivity contribution in [2.75, 3.05) is 0 Å². The van der Waals surface area contributed by atoms with Crippen molar-refractivity contribution < 1.29 is 0 Å². The van der Waals surface area contributed by atoms with Crippen LogP contribution >= 0.6 is 0 Å². The van der Waals surface area contributed by atoms with E-state index in [2.05, 4.69) is 62.2 Å². The molecule has 0 aliphatic rings. The van der Waals surface area contributed by atoms with Gasteiger partial charge in [-0.2, -0.15) is 0 Å². The summed E-state index contributed by atoms with van der Waals surface area (Å²) in [6.45, 7) is 12.6. The van der Waals surface area contributed by atoms with Crippen LogP contribution in [-0.2, 0) is 10.8 Å². The highest BCUT2D eigenvalue weighted by Crippen LogP contribution is 2.29. The summed E-state index contributed by atoms with van der Waals surface area (Å²) in [5.74, 6) is 0. The SMILES string of the molecule is CC(C)(C)c1nnnnc1C(C)(C)C. The van der Waals surface area contributed by atoms with Gasteiger partial charge in [-0.1, -0.05) is 41.5 Å². The van der Waals surface area contributed by atoms with Crippen LogP contribution in [0.2, 0.25) is 0 Å². The average molecular weight is 194 g/mol. The molecule has 4 heteroatoms. The van der Waals surface area contributed by atoms with Gasteiger partial charge in [0, 0.05) is 10.8 Å². The fourth-order valence-electron chi connectivity index (χ4n) is 1.23. The Labute approximate surface area is 85.1 Å². The zero-order valence-corrected chi connectivity index (χ0v) is 9.79. The molecule has 0 saturated heterocycles. The molecule has 78 valence electrons. The van der Waals surface area contributed by atoms with Gasteiger partial charge in [0.25, 0.3) is 0 Å². The minimum absolute atomic E-state index is 0.0362. The normalized spacial score (nSPS) is 13.0. The monoisotopic (exact) mass is 194 g/mol. The van der Waals surface area contributed by atoms with Gasteiger partial charge in [0.05, 0.1) is 11.4 Å². The van der Waals surface area contributed by atoms with Crippen LogP contribution in [-0.4, -0.2) is 20.6 Å². The van der Waals surface area contributed by atoms with E-state index in [9.17, 15) is 0 Å². The van der Waals surface area contributed by atoms with E-state index < -0.39 is 0 Å². The Kier molecular flexibility index (Phi) is 2.56. The zero-order valence-electron chi connectivity index (χ0n) is 9.79. The van der Waals surface area contributed by atoms with Crippen molar-refractivity contribution in [3.63, 3.8) is 0 Å². The topological polar surface area (TPSA) is 51.6 Å². The van der Waals surface area contributed by atoms with E-state index >= 15 is 0 Å². The third-order valence-corrected chi connectivity index (χ3v) is 1.97. The second kappa shape index (κ2) is 3.26. The van der Waals surface area contributed by atoms with Crippen molar-refractivity contribution in [3.8, 4) is 0 Å². The summed E-state index contributed by atoms with van der Waals surface area (Å²) in [5, 5.41) is 15.4. The lowest BCUT2D eigenvalue weighted by Crippen LogP contribution is -2.26. The number of nitrogens with zero attached hydrogens (tertiary/aromatic N) is 4. The molecular weight excluding hydrogens is 176 g/mol. The minimum Gasteiger partial charge on any atom is -0.131 e. The van der Waals surface area contributed by atoms with Gasteiger partial charge in [-0.3, -0.25) is 0 Å². The molecule has 0 N–H and O–H groups in total. The lowest BCUT2D eigenvalue weighted by molar-refractivity contribution is 0.467. The summed E-state index contributed by atoms with van der Waals surface area (Å²) in [4.78, 5) is 0. The number of aromatic nitrogens is 4. The number of hydrogen-bond acceptors (Lipinski definition) is 4. The van der Waals surface area contributed by atoms with Crippen LogP contribution < -0.4 is 0 Å². The van der Waals surface area contributed by atoms with Crippen LogP contribution in [0.5, 0.6) is 0 Å². The molecule has 0 aliphatic heterocycles. The third kappa shape index (κ3) is 2.25. The Morgan fingerprint density at radius 2 is 0.929 bits per heavy atom. The third-order valence-electron chi connectivity index (χ3n) is 1.97. The average Bonchev–Trinajstić information content (AvgIpc) is 2.01. The fraction of sp³-hybridized carbons (Fsp3) is 0.800. The van der Waals surface area contributed by atoms with E-state index in [0.717, 1.165) is 11.4 Å². The highest BCUT2D eigenvalue weighted by atomic mass is 15.4. The van der Waals surface area contributed by atoms with Crippen LogP contribution in [0.15, 0.2) is 0 Å². The van der Waals surface area contributed by atoms with Gasteiger partial charge in [-0.15, -0.1) is 10.2 Å². The number of rotatable bonds is 0. The van der Waals surface area contributed by atoms with Gasteiger partial charge in [0.1, 0.15) is 0 Å². The quantitative estimate of drug-likeness (QED) is 0.632. The molecule has 14 heavy (non-hydrogen) atoms. The van der Waals surface area contributed by atoms with E-state index in [1.54, 1.807) is 0 Å². The Morgan fingerprint density at radius 3 is 1.14 bits per heavy atom. The smallest absolute Gasteiger partial charge is 0.0941 e. The van der Waals surface area contributed by atoms with Gasteiger partial charge >= 0.3 is 0 Å². The molecule has 0 saturated carbocycles. The first-order valence-corrected chi connectivity index (χ1v) is 4.80. The second-order valence-corrected chi connectivity index (χ2v) is 5.58. The molecule has 1 aromatic rings. The van der Waals surface area contributed by atoms with Crippen molar-refractivity contribution in [2.24, 2.45) is 0 Å². The standard InChI is InChI=1S/C10H18N4/c1-9(2,3)7-8(10(4,5)6)12-14-13-11-7/h1-6H3. The number of hydrogen-bond donors (Lipinski definition) is 0. The van der Waals surface area contributed by atoms with Crippen molar-refractivity contribution >= 4 is 0 Å². The van der Waals surface area contributed by atoms with Crippen molar-refractivity contribution in [3.05, 3.63) is 11.4 Å². The highest BCUT2D eigenvalue weighted by Gasteiger charge is 2.28. The van der Waals surface area contributed by atoms with Crippen LogP contribution in [0, 0.1) is 0 Å². The maximum absolute atomic E-state index is 4.09. The second-order valence-electron chi connectivity index (χ2n) is 5.58. The molecule has 0 aliphatic carbocycles. The molecule has 0 atom stereocenters. The molecular formula is C10H18N4. The van der Waals surface area contributed by atoms with E-state index in [1.165, 1.54) is 0 Å². The van der Waals surface area contributed by atoms with Crippen molar-refractivity contribution in [1.29, 1.82) is 0 Å². The van der Waals surface area contributed by atoms with Gasteiger partial charge in [0.2, 0.25) is 0 Å². The summed E-state index contributed by atoms with van der Waals surface area (Å²) >= 11 is 0. The molecule has 0 spiro atoms. The molecule has 1 rings (SSSR count). The molecule has 0 radical (unpaired) electrons. The lowest BCUT2D eigenvalue weighted by Gasteiger charge is -2.25. The van der Waals surface area contributed by atoms with Gasteiger partial charge in [0.15, 0.2) is 0 Å². The fourth-order valence-corrected chi connectivity index (χ4v) is 1.23. The van der Waals surface area contributed by atoms with E-state index in [4.69, 9.17) is 0 Å². The molecule has 4 nitrogen and oxygen atoms in total. The van der Waals surface area contributed by atoms with E-state index in [-0.39, 0.29) is 10.8 Å². The molecule has 0 unspecified atom stereocenters. The maximum atomic E-state index is 4.09. The summed E-state index contributed by atoms with van der Waals surface area (Å²) in [6, 6.07) is 0. The first-order valence-electron chi connectivity index (χ1n) is 4.80. The Bertz CT molecular complexity index is 287. The van der Waals surface area contributed by atoms with E-state index in [1.807, 2.05) is 0 Å². The summed E-state index contributed by atoms with van der Waals surface area (Å²) in [6.07, 6.45) is 0. The van der Waals surface area contributed by atoms with Crippen LogP contribution in [0.3, 0.4) is 0 Å². The van der Waals surface area contributed by atoms with Crippen LogP contribution in [0.25, 0.3) is 0 Å². The maximum Gasteiger partial charge on any atom is 0.0941 e. The first kappa shape index (κ1) is 11.0.